The molecular formula is C20H21NO3S. The van der Waals surface area contributed by atoms with Crippen LogP contribution < -0.4 is 5.32 Å². The average molecular weight is 355 g/mol. The highest BCUT2D eigenvalue weighted by atomic mass is 32.2. The summed E-state index contributed by atoms with van der Waals surface area (Å²) in [5.41, 5.74) is 3.13. The molecule has 2 rings (SSSR count). The van der Waals surface area contributed by atoms with Gasteiger partial charge in [-0.25, -0.2) is 8.42 Å². The van der Waals surface area contributed by atoms with Gasteiger partial charge in [-0.3, -0.25) is 4.79 Å². The van der Waals surface area contributed by atoms with Gasteiger partial charge in [0.15, 0.2) is 0 Å². The van der Waals surface area contributed by atoms with Gasteiger partial charge in [0.05, 0.1) is 16.0 Å². The number of hydrogen-bond acceptors (Lipinski definition) is 3. The number of aryl methyl sites for hydroxylation is 2. The van der Waals surface area contributed by atoms with E-state index < -0.39 is 15.7 Å². The zero-order valence-electron chi connectivity index (χ0n) is 14.5. The first-order valence-electron chi connectivity index (χ1n) is 7.76. The quantitative estimate of drug-likeness (QED) is 0.831. The number of amides is 1. The van der Waals surface area contributed by atoms with E-state index in [4.69, 9.17) is 0 Å². The highest BCUT2D eigenvalue weighted by Crippen LogP contribution is 2.20. The molecule has 4 nitrogen and oxygen atoms in total. The number of carbonyl (C=O) groups is 1. The number of hydrogen-bond donors (Lipinski definition) is 1. The van der Waals surface area contributed by atoms with Crippen molar-refractivity contribution in [2.24, 2.45) is 0 Å². The van der Waals surface area contributed by atoms with Gasteiger partial charge in [0.2, 0.25) is 9.84 Å². The predicted octanol–water partition coefficient (Wildman–Crippen LogP) is 3.77. The van der Waals surface area contributed by atoms with Gasteiger partial charge in [-0.05, 0) is 38.5 Å². The molecule has 0 unspecified atom stereocenters. The molecule has 1 amide bonds. The predicted molar refractivity (Wildman–Crippen MR) is 100 cm³/mol. The summed E-state index contributed by atoms with van der Waals surface area (Å²) >= 11 is 0. The highest BCUT2D eigenvalue weighted by Gasteiger charge is 2.16. The van der Waals surface area contributed by atoms with Crippen LogP contribution in [0.3, 0.4) is 0 Å². The van der Waals surface area contributed by atoms with Gasteiger partial charge in [0.1, 0.15) is 0 Å². The molecule has 0 atom stereocenters. The van der Waals surface area contributed by atoms with Gasteiger partial charge in [-0.2, -0.15) is 0 Å². The molecular weight excluding hydrogens is 334 g/mol. The molecule has 0 heterocycles. The smallest absolute Gasteiger partial charge is 0.250 e. The summed E-state index contributed by atoms with van der Waals surface area (Å²) in [6.45, 7) is 8.98. The van der Waals surface area contributed by atoms with Crippen molar-refractivity contribution in [3.63, 3.8) is 0 Å². The molecule has 0 aliphatic carbocycles. The first-order valence-corrected chi connectivity index (χ1v) is 9.31. The average Bonchev–Trinajstić information content (AvgIpc) is 2.55. The number of carbonyl (C=O) groups excluding carboxylic acids is 1. The fourth-order valence-corrected chi connectivity index (χ4v) is 3.24. The maximum absolute atomic E-state index is 12.7. The van der Waals surface area contributed by atoms with Gasteiger partial charge < -0.3 is 5.32 Å². The number of benzene rings is 2. The van der Waals surface area contributed by atoms with Crippen molar-refractivity contribution in [3.05, 3.63) is 82.8 Å². The van der Waals surface area contributed by atoms with Crippen molar-refractivity contribution in [3.8, 4) is 0 Å². The van der Waals surface area contributed by atoms with Crippen LogP contribution in [0.1, 0.15) is 23.6 Å². The van der Waals surface area contributed by atoms with E-state index in [0.29, 0.717) is 11.1 Å². The summed E-state index contributed by atoms with van der Waals surface area (Å²) in [6.07, 6.45) is 0. The molecule has 0 aliphatic rings. The topological polar surface area (TPSA) is 63.2 Å². The van der Waals surface area contributed by atoms with Crippen LogP contribution >= 0.6 is 0 Å². The van der Waals surface area contributed by atoms with Crippen molar-refractivity contribution in [1.82, 2.24) is 5.32 Å². The first-order chi connectivity index (χ1) is 11.7. The lowest BCUT2D eigenvalue weighted by Crippen LogP contribution is -2.23. The largest absolute Gasteiger partial charge is 0.321 e. The molecule has 0 aliphatic heterocycles. The minimum Gasteiger partial charge on any atom is -0.321 e. The SMILES string of the molecule is C=C(C)C(=O)NC(=CS(=O)(=O)c1ccc(C)cc1)c1ccc(C)cc1. The summed E-state index contributed by atoms with van der Waals surface area (Å²) in [6, 6.07) is 13.8. The van der Waals surface area contributed by atoms with Crippen LogP contribution in [0.4, 0.5) is 0 Å². The molecule has 130 valence electrons. The highest BCUT2D eigenvalue weighted by molar-refractivity contribution is 7.94. The summed E-state index contributed by atoms with van der Waals surface area (Å²) in [7, 11) is -3.71. The lowest BCUT2D eigenvalue weighted by Gasteiger charge is -2.11. The minimum absolute atomic E-state index is 0.173. The minimum atomic E-state index is -3.71. The molecule has 0 aromatic heterocycles. The lowest BCUT2D eigenvalue weighted by atomic mass is 10.1. The molecule has 2 aromatic carbocycles. The molecule has 0 saturated carbocycles. The Morgan fingerprint density at radius 3 is 1.92 bits per heavy atom. The van der Waals surface area contributed by atoms with E-state index in [0.717, 1.165) is 16.5 Å². The zero-order valence-corrected chi connectivity index (χ0v) is 15.4. The van der Waals surface area contributed by atoms with E-state index in [1.54, 1.807) is 43.3 Å². The molecule has 2 aromatic rings. The Hall–Kier alpha value is -2.66. The Balaban J connectivity index is 2.51. The molecule has 0 fully saturated rings. The third-order valence-corrected chi connectivity index (χ3v) is 5.10. The Morgan fingerprint density at radius 1 is 0.960 bits per heavy atom. The van der Waals surface area contributed by atoms with Crippen molar-refractivity contribution in [2.45, 2.75) is 25.7 Å². The van der Waals surface area contributed by atoms with Crippen LogP contribution in [0, 0.1) is 13.8 Å². The second kappa shape index (κ2) is 7.49. The molecule has 0 radical (unpaired) electrons. The van der Waals surface area contributed by atoms with Gasteiger partial charge in [0.25, 0.3) is 5.91 Å². The molecule has 25 heavy (non-hydrogen) atoms. The van der Waals surface area contributed by atoms with E-state index in [2.05, 4.69) is 11.9 Å². The number of sulfone groups is 1. The Kier molecular flexibility index (Phi) is 5.59. The summed E-state index contributed by atoms with van der Waals surface area (Å²) in [5.74, 6) is -0.425. The number of rotatable bonds is 5. The fraction of sp³-hybridized carbons (Fsp3) is 0.150. The monoisotopic (exact) mass is 355 g/mol. The summed E-state index contributed by atoms with van der Waals surface area (Å²) < 4.78 is 25.4. The van der Waals surface area contributed by atoms with Crippen LogP contribution in [-0.2, 0) is 14.6 Å². The Morgan fingerprint density at radius 2 is 1.44 bits per heavy atom. The summed E-state index contributed by atoms with van der Waals surface area (Å²) in [4.78, 5) is 12.2. The number of nitrogens with one attached hydrogen (secondary N) is 1. The van der Waals surface area contributed by atoms with Gasteiger partial charge in [0, 0.05) is 5.57 Å². The van der Waals surface area contributed by atoms with E-state index in [1.807, 2.05) is 26.0 Å². The molecule has 0 saturated heterocycles. The van der Waals surface area contributed by atoms with E-state index >= 15 is 0 Å². The van der Waals surface area contributed by atoms with Crippen molar-refractivity contribution >= 4 is 21.4 Å². The second-order valence-corrected chi connectivity index (χ2v) is 7.79. The Labute approximate surface area is 148 Å². The normalized spacial score (nSPS) is 11.9. The molecule has 0 bridgehead atoms. The summed E-state index contributed by atoms with van der Waals surface area (Å²) in [5, 5.41) is 3.72. The maximum atomic E-state index is 12.7. The van der Waals surface area contributed by atoms with E-state index in [-0.39, 0.29) is 10.6 Å². The lowest BCUT2D eigenvalue weighted by molar-refractivity contribution is -0.116. The van der Waals surface area contributed by atoms with Gasteiger partial charge in [-0.15, -0.1) is 0 Å². The van der Waals surface area contributed by atoms with Crippen LogP contribution in [0.2, 0.25) is 0 Å². The van der Waals surface area contributed by atoms with Gasteiger partial charge in [-0.1, -0.05) is 54.1 Å². The second-order valence-electron chi connectivity index (χ2n) is 5.99. The van der Waals surface area contributed by atoms with Crippen molar-refractivity contribution < 1.29 is 13.2 Å². The Bertz CT molecular complexity index is 922. The molecule has 1 N–H and O–H groups in total. The van der Waals surface area contributed by atoms with Crippen LogP contribution in [0.25, 0.3) is 5.70 Å². The van der Waals surface area contributed by atoms with Crippen molar-refractivity contribution in [2.75, 3.05) is 0 Å². The zero-order chi connectivity index (χ0) is 18.6. The van der Waals surface area contributed by atoms with Gasteiger partial charge >= 0.3 is 0 Å². The third kappa shape index (κ3) is 4.90. The first kappa shape index (κ1) is 18.7. The third-order valence-electron chi connectivity index (χ3n) is 3.62. The van der Waals surface area contributed by atoms with E-state index in [1.165, 1.54) is 0 Å². The molecule has 5 heteroatoms. The van der Waals surface area contributed by atoms with Crippen LogP contribution in [-0.4, -0.2) is 14.3 Å². The molecule has 0 spiro atoms. The van der Waals surface area contributed by atoms with E-state index in [9.17, 15) is 13.2 Å². The maximum Gasteiger partial charge on any atom is 0.250 e. The van der Waals surface area contributed by atoms with Crippen molar-refractivity contribution in [1.29, 1.82) is 0 Å². The fourth-order valence-electron chi connectivity index (χ4n) is 2.08. The van der Waals surface area contributed by atoms with Crippen LogP contribution in [0.5, 0.6) is 0 Å². The van der Waals surface area contributed by atoms with Crippen LogP contribution in [0.15, 0.2) is 71.0 Å². The standard InChI is InChI=1S/C20H21NO3S/c1-14(2)20(22)21-19(17-9-5-15(3)6-10-17)13-25(23,24)18-11-7-16(4)8-12-18/h5-13H,1H2,2-4H3,(H,21,22).